The molecule has 0 saturated heterocycles. The normalized spacial score (nSPS) is 10.4. The van der Waals surface area contributed by atoms with Gasteiger partial charge in [-0.3, -0.25) is 9.59 Å². The number of primary amides is 1. The summed E-state index contributed by atoms with van der Waals surface area (Å²) in [6.07, 6.45) is 0. The van der Waals surface area contributed by atoms with Gasteiger partial charge >= 0.3 is 0 Å². The fourth-order valence-corrected chi connectivity index (χ4v) is 1.56. The molecule has 0 fully saturated rings. The second-order valence-electron chi connectivity index (χ2n) is 3.44. The van der Waals surface area contributed by atoms with Crippen LogP contribution in [0.3, 0.4) is 0 Å². The second-order valence-corrected chi connectivity index (χ2v) is 3.88. The number of benzene rings is 1. The first-order valence-corrected chi connectivity index (χ1v) is 5.19. The standard InChI is InChI=1S/C11H9ClN2O3/c12-7-1-2-8-6(3-7)4-9(17-8)11(16)14-5-10(13)15/h1-4H,5H2,(H2,13,15)(H,14,16). The number of rotatable bonds is 3. The van der Waals surface area contributed by atoms with Gasteiger partial charge in [-0.15, -0.1) is 0 Å². The van der Waals surface area contributed by atoms with Crippen LogP contribution < -0.4 is 11.1 Å². The summed E-state index contributed by atoms with van der Waals surface area (Å²) in [4.78, 5) is 22.1. The maximum absolute atomic E-state index is 11.6. The molecule has 1 heterocycles. The maximum atomic E-state index is 11.6. The molecule has 2 aromatic rings. The molecule has 2 rings (SSSR count). The maximum Gasteiger partial charge on any atom is 0.287 e. The smallest absolute Gasteiger partial charge is 0.287 e. The van der Waals surface area contributed by atoms with Crippen LogP contribution in [0.2, 0.25) is 5.02 Å². The van der Waals surface area contributed by atoms with Gasteiger partial charge in [0.25, 0.3) is 5.91 Å². The number of nitrogens with one attached hydrogen (secondary N) is 1. The van der Waals surface area contributed by atoms with Crippen molar-refractivity contribution in [3.8, 4) is 0 Å². The molecule has 5 nitrogen and oxygen atoms in total. The van der Waals surface area contributed by atoms with Gasteiger partial charge in [-0.1, -0.05) is 11.6 Å². The van der Waals surface area contributed by atoms with Crippen LogP contribution in [0.25, 0.3) is 11.0 Å². The van der Waals surface area contributed by atoms with E-state index in [4.69, 9.17) is 21.8 Å². The third kappa shape index (κ3) is 2.57. The Morgan fingerprint density at radius 3 is 2.82 bits per heavy atom. The number of hydrogen-bond donors (Lipinski definition) is 2. The molecule has 1 aromatic heterocycles. The minimum atomic E-state index is -0.613. The quantitative estimate of drug-likeness (QED) is 0.863. The molecule has 17 heavy (non-hydrogen) atoms. The van der Waals surface area contributed by atoms with E-state index in [2.05, 4.69) is 5.32 Å². The molecule has 0 aliphatic carbocycles. The number of hydrogen-bond acceptors (Lipinski definition) is 3. The first kappa shape index (κ1) is 11.5. The average molecular weight is 253 g/mol. The molecule has 88 valence electrons. The summed E-state index contributed by atoms with van der Waals surface area (Å²) in [6.45, 7) is -0.226. The molecule has 0 aliphatic heterocycles. The Balaban J connectivity index is 2.24. The zero-order valence-electron chi connectivity index (χ0n) is 8.70. The molecular formula is C11H9ClN2O3. The summed E-state index contributed by atoms with van der Waals surface area (Å²) in [6, 6.07) is 6.57. The van der Waals surface area contributed by atoms with Gasteiger partial charge in [0.15, 0.2) is 5.76 Å². The zero-order chi connectivity index (χ0) is 12.4. The number of carbonyl (C=O) groups is 2. The number of fused-ring (bicyclic) bond motifs is 1. The lowest BCUT2D eigenvalue weighted by molar-refractivity contribution is -0.117. The van der Waals surface area contributed by atoms with Crippen LogP contribution in [0, 0.1) is 0 Å². The predicted molar refractivity (Wildman–Crippen MR) is 62.8 cm³/mol. The summed E-state index contributed by atoms with van der Waals surface area (Å²) >= 11 is 5.81. The molecule has 0 bridgehead atoms. The van der Waals surface area contributed by atoms with Crippen molar-refractivity contribution in [1.29, 1.82) is 0 Å². The lowest BCUT2D eigenvalue weighted by atomic mass is 10.2. The molecule has 0 aliphatic rings. The number of halogens is 1. The van der Waals surface area contributed by atoms with E-state index < -0.39 is 11.8 Å². The molecule has 6 heteroatoms. The van der Waals surface area contributed by atoms with Gasteiger partial charge in [0.05, 0.1) is 6.54 Å². The van der Waals surface area contributed by atoms with Crippen molar-refractivity contribution in [2.75, 3.05) is 6.54 Å². The van der Waals surface area contributed by atoms with E-state index in [0.29, 0.717) is 10.6 Å². The molecule has 0 atom stereocenters. The van der Waals surface area contributed by atoms with Crippen molar-refractivity contribution in [2.45, 2.75) is 0 Å². The molecule has 0 spiro atoms. The van der Waals surface area contributed by atoms with E-state index in [1.807, 2.05) is 0 Å². The van der Waals surface area contributed by atoms with Gasteiger partial charge in [-0.05, 0) is 24.3 Å². The van der Waals surface area contributed by atoms with Crippen LogP contribution in [0.4, 0.5) is 0 Å². The van der Waals surface area contributed by atoms with Gasteiger partial charge in [-0.2, -0.15) is 0 Å². The summed E-state index contributed by atoms with van der Waals surface area (Å²) in [5, 5.41) is 3.62. The number of nitrogens with two attached hydrogens (primary N) is 1. The van der Waals surface area contributed by atoms with Crippen molar-refractivity contribution < 1.29 is 14.0 Å². The van der Waals surface area contributed by atoms with Crippen molar-refractivity contribution in [3.05, 3.63) is 35.0 Å². The van der Waals surface area contributed by atoms with Gasteiger partial charge in [0.2, 0.25) is 5.91 Å². The van der Waals surface area contributed by atoms with Crippen molar-refractivity contribution in [3.63, 3.8) is 0 Å². The molecule has 0 saturated carbocycles. The van der Waals surface area contributed by atoms with Gasteiger partial charge < -0.3 is 15.5 Å². The van der Waals surface area contributed by atoms with E-state index in [-0.39, 0.29) is 12.3 Å². The van der Waals surface area contributed by atoms with Crippen molar-refractivity contribution in [2.24, 2.45) is 5.73 Å². The SMILES string of the molecule is NC(=O)CNC(=O)c1cc2cc(Cl)ccc2o1. The van der Waals surface area contributed by atoms with E-state index in [0.717, 1.165) is 5.39 Å². The summed E-state index contributed by atoms with van der Waals surface area (Å²) < 4.78 is 5.29. The van der Waals surface area contributed by atoms with Gasteiger partial charge in [0.1, 0.15) is 5.58 Å². The molecule has 0 radical (unpaired) electrons. The molecule has 1 aromatic carbocycles. The predicted octanol–water partition coefficient (Wildman–Crippen LogP) is 1.30. The first-order chi connectivity index (χ1) is 8.06. The highest BCUT2D eigenvalue weighted by Gasteiger charge is 2.12. The third-order valence-corrected chi connectivity index (χ3v) is 2.36. The fourth-order valence-electron chi connectivity index (χ4n) is 1.38. The van der Waals surface area contributed by atoms with E-state index in [9.17, 15) is 9.59 Å². The van der Waals surface area contributed by atoms with Crippen LogP contribution in [0.1, 0.15) is 10.6 Å². The van der Waals surface area contributed by atoms with Crippen LogP contribution in [0.15, 0.2) is 28.7 Å². The third-order valence-electron chi connectivity index (χ3n) is 2.13. The molecule has 3 N–H and O–H groups in total. The molecule has 0 unspecified atom stereocenters. The monoisotopic (exact) mass is 252 g/mol. The van der Waals surface area contributed by atoms with Crippen molar-refractivity contribution >= 4 is 34.4 Å². The number of furan rings is 1. The summed E-state index contributed by atoms with van der Waals surface area (Å²) in [7, 11) is 0. The Kier molecular flexibility index (Phi) is 3.01. The van der Waals surface area contributed by atoms with Crippen LogP contribution in [-0.4, -0.2) is 18.4 Å². The first-order valence-electron chi connectivity index (χ1n) is 4.82. The Hall–Kier alpha value is -2.01. The minimum Gasteiger partial charge on any atom is -0.451 e. The minimum absolute atomic E-state index is 0.114. The zero-order valence-corrected chi connectivity index (χ0v) is 9.45. The topological polar surface area (TPSA) is 85.3 Å². The Labute approximate surface area is 102 Å². The van der Waals surface area contributed by atoms with E-state index in [1.54, 1.807) is 24.3 Å². The Morgan fingerprint density at radius 2 is 2.12 bits per heavy atom. The van der Waals surface area contributed by atoms with Gasteiger partial charge in [0, 0.05) is 10.4 Å². The highest BCUT2D eigenvalue weighted by molar-refractivity contribution is 6.31. The average Bonchev–Trinajstić information content (AvgIpc) is 2.68. The molecular weight excluding hydrogens is 244 g/mol. The fraction of sp³-hybridized carbons (Fsp3) is 0.0909. The van der Waals surface area contributed by atoms with Gasteiger partial charge in [-0.25, -0.2) is 0 Å². The highest BCUT2D eigenvalue weighted by Crippen LogP contribution is 2.22. The van der Waals surface area contributed by atoms with Crippen LogP contribution >= 0.6 is 11.6 Å². The number of amides is 2. The summed E-state index contributed by atoms with van der Waals surface area (Å²) in [5.41, 5.74) is 5.47. The van der Waals surface area contributed by atoms with E-state index in [1.165, 1.54) is 0 Å². The van der Waals surface area contributed by atoms with Crippen LogP contribution in [-0.2, 0) is 4.79 Å². The van der Waals surface area contributed by atoms with Crippen LogP contribution in [0.5, 0.6) is 0 Å². The number of carbonyl (C=O) groups excluding carboxylic acids is 2. The largest absolute Gasteiger partial charge is 0.451 e. The Morgan fingerprint density at radius 1 is 1.35 bits per heavy atom. The lowest BCUT2D eigenvalue weighted by Gasteiger charge is -1.97. The van der Waals surface area contributed by atoms with Crippen molar-refractivity contribution in [1.82, 2.24) is 5.32 Å². The molecule has 2 amide bonds. The summed E-state index contributed by atoms with van der Waals surface area (Å²) in [5.74, 6) is -0.989. The second kappa shape index (κ2) is 4.47. The van der Waals surface area contributed by atoms with E-state index >= 15 is 0 Å². The highest BCUT2D eigenvalue weighted by atomic mass is 35.5. The Bertz CT molecular complexity index is 591. The lowest BCUT2D eigenvalue weighted by Crippen LogP contribution is -2.33.